The van der Waals surface area contributed by atoms with Crippen LogP contribution in [-0.4, -0.2) is 36.6 Å². The van der Waals surface area contributed by atoms with Crippen LogP contribution in [0.5, 0.6) is 0 Å². The fourth-order valence-electron chi connectivity index (χ4n) is 1.58. The van der Waals surface area contributed by atoms with E-state index in [1.54, 1.807) is 0 Å². The van der Waals surface area contributed by atoms with Gasteiger partial charge in [0.1, 0.15) is 17.1 Å². The third-order valence-corrected chi connectivity index (χ3v) is 2.91. The van der Waals surface area contributed by atoms with Crippen LogP contribution in [0.15, 0.2) is 0 Å². The summed E-state index contributed by atoms with van der Waals surface area (Å²) in [6.45, 7) is 2.22. The molecule has 0 amide bonds. The molecule has 16 heavy (non-hydrogen) atoms. The van der Waals surface area contributed by atoms with E-state index in [0.29, 0.717) is 6.61 Å². The first-order chi connectivity index (χ1) is 7.93. The van der Waals surface area contributed by atoms with Crippen molar-refractivity contribution in [3.63, 3.8) is 0 Å². The molecule has 0 aromatic heterocycles. The molecular formula is C12H22O3Si. The lowest BCUT2D eigenvalue weighted by atomic mass is 10.2. The fourth-order valence-corrected chi connectivity index (χ4v) is 1.87. The fraction of sp³-hybridized carbons (Fsp3) is 0.833. The standard InChI is InChI=1S/C12H22O3Si/c16-15-11-6-3-1-2-5-9-13-12-8-4-7-10-14-12/h12H,1,3-4,6-11H2,16H3. The van der Waals surface area contributed by atoms with E-state index in [1.807, 2.05) is 0 Å². The molecule has 1 aliphatic rings. The van der Waals surface area contributed by atoms with E-state index in [2.05, 4.69) is 11.8 Å². The number of ether oxygens (including phenoxy) is 2. The summed E-state index contributed by atoms with van der Waals surface area (Å²) in [6.07, 6.45) is 6.55. The van der Waals surface area contributed by atoms with Crippen LogP contribution in [0.1, 0.15) is 38.5 Å². The van der Waals surface area contributed by atoms with Gasteiger partial charge in [-0.1, -0.05) is 5.92 Å². The highest BCUT2D eigenvalue weighted by atomic mass is 28.2. The molecule has 3 nitrogen and oxygen atoms in total. The molecule has 1 fully saturated rings. The summed E-state index contributed by atoms with van der Waals surface area (Å²) in [6, 6.07) is 0. The van der Waals surface area contributed by atoms with Gasteiger partial charge in [0.15, 0.2) is 6.29 Å². The third kappa shape index (κ3) is 7.02. The van der Waals surface area contributed by atoms with Crippen LogP contribution in [0, 0.1) is 11.8 Å². The van der Waals surface area contributed by atoms with Crippen molar-refractivity contribution < 1.29 is 13.9 Å². The topological polar surface area (TPSA) is 27.7 Å². The van der Waals surface area contributed by atoms with Crippen molar-refractivity contribution >= 4 is 10.5 Å². The van der Waals surface area contributed by atoms with Crippen LogP contribution in [0.2, 0.25) is 0 Å². The first kappa shape index (κ1) is 13.7. The summed E-state index contributed by atoms with van der Waals surface area (Å²) < 4.78 is 16.0. The number of hydrogen-bond acceptors (Lipinski definition) is 3. The molecule has 1 heterocycles. The summed E-state index contributed by atoms with van der Waals surface area (Å²) in [7, 11) is 0.843. The van der Waals surface area contributed by atoms with Gasteiger partial charge >= 0.3 is 0 Å². The minimum absolute atomic E-state index is 0.0125. The van der Waals surface area contributed by atoms with Crippen LogP contribution in [0.4, 0.5) is 0 Å². The van der Waals surface area contributed by atoms with Crippen molar-refractivity contribution in [2.24, 2.45) is 0 Å². The van der Waals surface area contributed by atoms with Crippen molar-refractivity contribution in [3.05, 3.63) is 0 Å². The molecule has 0 aliphatic carbocycles. The summed E-state index contributed by atoms with van der Waals surface area (Å²) in [4.78, 5) is 0. The first-order valence-corrected chi connectivity index (χ1v) is 6.93. The maximum Gasteiger partial charge on any atom is 0.158 e. The molecule has 4 heteroatoms. The van der Waals surface area contributed by atoms with Gasteiger partial charge in [-0.3, -0.25) is 0 Å². The van der Waals surface area contributed by atoms with E-state index in [4.69, 9.17) is 13.9 Å². The van der Waals surface area contributed by atoms with Gasteiger partial charge in [-0.15, -0.1) is 5.92 Å². The van der Waals surface area contributed by atoms with Gasteiger partial charge in [-0.2, -0.15) is 0 Å². The van der Waals surface area contributed by atoms with Crippen molar-refractivity contribution in [2.75, 3.05) is 19.8 Å². The molecule has 1 unspecified atom stereocenters. The quantitative estimate of drug-likeness (QED) is 0.395. The van der Waals surface area contributed by atoms with Gasteiger partial charge in [0.25, 0.3) is 0 Å². The maximum atomic E-state index is 5.50. The Morgan fingerprint density at radius 1 is 1.25 bits per heavy atom. The molecule has 0 radical (unpaired) electrons. The van der Waals surface area contributed by atoms with Gasteiger partial charge < -0.3 is 13.9 Å². The zero-order valence-corrected chi connectivity index (χ0v) is 12.2. The van der Waals surface area contributed by atoms with Crippen LogP contribution < -0.4 is 0 Å². The second kappa shape index (κ2) is 9.85. The van der Waals surface area contributed by atoms with Crippen molar-refractivity contribution in [1.29, 1.82) is 0 Å². The zero-order valence-electron chi connectivity index (χ0n) is 10.2. The van der Waals surface area contributed by atoms with Crippen molar-refractivity contribution in [3.8, 4) is 11.8 Å². The number of unbranched alkanes of at least 4 members (excludes halogenated alkanes) is 2. The molecule has 92 valence electrons. The summed E-state index contributed by atoms with van der Waals surface area (Å²) >= 11 is 0. The maximum absolute atomic E-state index is 5.50. The van der Waals surface area contributed by atoms with Gasteiger partial charge in [-0.05, 0) is 32.1 Å². The van der Waals surface area contributed by atoms with Crippen molar-refractivity contribution in [2.45, 2.75) is 44.8 Å². The molecule has 1 rings (SSSR count). The minimum atomic E-state index is -0.0125. The SMILES string of the molecule is [SiH3]OCCCCC#CCOC1CCCCO1. The molecule has 1 aliphatic heterocycles. The van der Waals surface area contributed by atoms with Crippen LogP contribution >= 0.6 is 0 Å². The predicted molar refractivity (Wildman–Crippen MR) is 67.1 cm³/mol. The highest BCUT2D eigenvalue weighted by molar-refractivity contribution is 5.97. The second-order valence-electron chi connectivity index (χ2n) is 3.91. The smallest absolute Gasteiger partial charge is 0.158 e. The normalized spacial score (nSPS) is 20.4. The molecule has 0 aromatic rings. The lowest BCUT2D eigenvalue weighted by Gasteiger charge is -2.21. The van der Waals surface area contributed by atoms with E-state index >= 15 is 0 Å². The third-order valence-electron chi connectivity index (χ3n) is 2.50. The molecule has 0 bridgehead atoms. The van der Waals surface area contributed by atoms with E-state index in [1.165, 1.54) is 6.42 Å². The Hall–Kier alpha value is -0.343. The Kier molecular flexibility index (Phi) is 8.45. The second-order valence-corrected chi connectivity index (χ2v) is 4.49. The van der Waals surface area contributed by atoms with E-state index in [0.717, 1.165) is 55.8 Å². The Morgan fingerprint density at radius 3 is 2.94 bits per heavy atom. The highest BCUT2D eigenvalue weighted by Crippen LogP contribution is 2.12. The Morgan fingerprint density at radius 2 is 2.19 bits per heavy atom. The first-order valence-electron chi connectivity index (χ1n) is 6.11. The molecule has 0 spiro atoms. The van der Waals surface area contributed by atoms with Crippen LogP contribution in [-0.2, 0) is 13.9 Å². The van der Waals surface area contributed by atoms with Gasteiger partial charge in [0, 0.05) is 19.6 Å². The van der Waals surface area contributed by atoms with Crippen LogP contribution in [0.3, 0.4) is 0 Å². The van der Waals surface area contributed by atoms with Gasteiger partial charge in [-0.25, -0.2) is 0 Å². The average molecular weight is 242 g/mol. The Labute approximate surface area is 101 Å². The number of rotatable bonds is 6. The van der Waals surface area contributed by atoms with Gasteiger partial charge in [0.05, 0.1) is 0 Å². The minimum Gasteiger partial charge on any atom is -0.428 e. The molecule has 0 aromatic carbocycles. The Bertz CT molecular complexity index is 216. The summed E-state index contributed by atoms with van der Waals surface area (Å²) in [5.74, 6) is 6.13. The molecule has 1 atom stereocenters. The zero-order chi connectivity index (χ0) is 11.5. The largest absolute Gasteiger partial charge is 0.428 e. The van der Waals surface area contributed by atoms with Gasteiger partial charge in [0.2, 0.25) is 0 Å². The molecular weight excluding hydrogens is 220 g/mol. The summed E-state index contributed by atoms with van der Waals surface area (Å²) in [5.41, 5.74) is 0. The van der Waals surface area contributed by atoms with Crippen LogP contribution in [0.25, 0.3) is 0 Å². The van der Waals surface area contributed by atoms with E-state index in [9.17, 15) is 0 Å². The highest BCUT2D eigenvalue weighted by Gasteiger charge is 2.12. The Balaban J connectivity index is 1.91. The lowest BCUT2D eigenvalue weighted by Crippen LogP contribution is -2.22. The van der Waals surface area contributed by atoms with E-state index in [-0.39, 0.29) is 6.29 Å². The van der Waals surface area contributed by atoms with Crippen molar-refractivity contribution in [1.82, 2.24) is 0 Å². The number of hydrogen-bond donors (Lipinski definition) is 0. The average Bonchev–Trinajstić information content (AvgIpc) is 2.34. The van der Waals surface area contributed by atoms with E-state index < -0.39 is 0 Å². The predicted octanol–water partition coefficient (Wildman–Crippen LogP) is 1.00. The molecule has 0 saturated carbocycles. The molecule has 0 N–H and O–H groups in total. The molecule has 1 saturated heterocycles. The lowest BCUT2D eigenvalue weighted by molar-refractivity contribution is -0.154. The monoisotopic (exact) mass is 242 g/mol. The summed E-state index contributed by atoms with van der Waals surface area (Å²) in [5, 5.41) is 0.